The molecule has 88 valence electrons. The van der Waals surface area contributed by atoms with Crippen LogP contribution in [0.1, 0.15) is 25.7 Å². The van der Waals surface area contributed by atoms with Gasteiger partial charge in [-0.15, -0.1) is 0 Å². The third kappa shape index (κ3) is 1.82. The Labute approximate surface area is 96.1 Å². The highest BCUT2D eigenvalue weighted by Gasteiger charge is 2.49. The van der Waals surface area contributed by atoms with Gasteiger partial charge in [-0.3, -0.25) is 4.79 Å². The van der Waals surface area contributed by atoms with E-state index in [0.29, 0.717) is 6.42 Å². The van der Waals surface area contributed by atoms with Crippen molar-refractivity contribution in [1.82, 2.24) is 4.81 Å². The van der Waals surface area contributed by atoms with Crippen LogP contribution in [0.15, 0.2) is 0 Å². The summed E-state index contributed by atoms with van der Waals surface area (Å²) in [5.41, 5.74) is -0.0930. The van der Waals surface area contributed by atoms with Crippen LogP contribution in [0.25, 0.3) is 0 Å². The zero-order valence-corrected chi connectivity index (χ0v) is 9.69. The molecule has 0 amide bonds. The minimum absolute atomic E-state index is 0.0930. The van der Waals surface area contributed by atoms with Gasteiger partial charge in [0.25, 0.3) is 0 Å². The standard InChI is InChI=1S/C11H18BNO3/c1-12(16)13-6-4-11(5-7-13)3-2-10(15)9(11)8-14/h8-9,16H,2-7H2,1H3. The van der Waals surface area contributed by atoms with Crippen LogP contribution in [-0.4, -0.2) is 42.0 Å². The number of carbonyl (C=O) groups is 2. The number of nitrogens with zero attached hydrogens (tertiary/aromatic N) is 1. The summed E-state index contributed by atoms with van der Waals surface area (Å²) in [6.07, 6.45) is 3.95. The minimum atomic E-state index is -0.427. The fourth-order valence-corrected chi connectivity index (χ4v) is 3.15. The Hall–Kier alpha value is -0.675. The SMILES string of the molecule is CB(O)N1CCC2(CCC(=O)C2C=O)CC1. The van der Waals surface area contributed by atoms with Crippen LogP contribution >= 0.6 is 0 Å². The number of hydrogen-bond donors (Lipinski definition) is 1. The van der Waals surface area contributed by atoms with Crippen LogP contribution in [0.4, 0.5) is 0 Å². The Morgan fingerprint density at radius 3 is 2.56 bits per heavy atom. The smallest absolute Gasteiger partial charge is 0.376 e. The van der Waals surface area contributed by atoms with Gasteiger partial charge in [-0.2, -0.15) is 0 Å². The van der Waals surface area contributed by atoms with Gasteiger partial charge in [-0.1, -0.05) is 0 Å². The molecule has 1 unspecified atom stereocenters. The summed E-state index contributed by atoms with van der Waals surface area (Å²) in [7, 11) is -0.427. The Morgan fingerprint density at radius 2 is 2.06 bits per heavy atom. The lowest BCUT2D eigenvalue weighted by molar-refractivity contribution is -0.128. The second kappa shape index (κ2) is 4.30. The van der Waals surface area contributed by atoms with Crippen molar-refractivity contribution in [1.29, 1.82) is 0 Å². The molecular formula is C11H18BNO3. The van der Waals surface area contributed by atoms with Crippen LogP contribution in [0.2, 0.25) is 6.82 Å². The normalized spacial score (nSPS) is 29.6. The molecule has 2 rings (SSSR count). The maximum atomic E-state index is 11.6. The van der Waals surface area contributed by atoms with E-state index < -0.39 is 7.05 Å². The van der Waals surface area contributed by atoms with Gasteiger partial charge in [0.15, 0.2) is 0 Å². The quantitative estimate of drug-likeness (QED) is 0.417. The van der Waals surface area contributed by atoms with E-state index in [1.807, 2.05) is 4.81 Å². The zero-order valence-electron chi connectivity index (χ0n) is 9.69. The summed E-state index contributed by atoms with van der Waals surface area (Å²) in [5, 5.41) is 9.47. The van der Waals surface area contributed by atoms with Crippen molar-refractivity contribution in [2.45, 2.75) is 32.5 Å². The largest absolute Gasteiger partial charge is 0.437 e. The predicted molar refractivity (Wildman–Crippen MR) is 60.9 cm³/mol. The predicted octanol–water partition coefficient (Wildman–Crippen LogP) is 0.357. The zero-order chi connectivity index (χ0) is 11.8. The van der Waals surface area contributed by atoms with Gasteiger partial charge in [-0.05, 0) is 44.6 Å². The molecule has 1 atom stereocenters. The van der Waals surface area contributed by atoms with Crippen LogP contribution in [0.5, 0.6) is 0 Å². The molecule has 1 spiro atoms. The van der Waals surface area contributed by atoms with E-state index in [-0.39, 0.29) is 17.1 Å². The number of rotatable bonds is 2. The third-order valence-corrected chi connectivity index (χ3v) is 4.33. The molecule has 1 N–H and O–H groups in total. The summed E-state index contributed by atoms with van der Waals surface area (Å²) in [4.78, 5) is 24.6. The average molecular weight is 223 g/mol. The average Bonchev–Trinajstić information content (AvgIpc) is 2.56. The highest BCUT2D eigenvalue weighted by Crippen LogP contribution is 2.47. The Bertz CT molecular complexity index is 298. The van der Waals surface area contributed by atoms with Crippen molar-refractivity contribution in [2.24, 2.45) is 11.3 Å². The fourth-order valence-electron chi connectivity index (χ4n) is 3.15. The van der Waals surface area contributed by atoms with Gasteiger partial charge in [0.05, 0.1) is 5.92 Å². The van der Waals surface area contributed by atoms with Crippen molar-refractivity contribution in [2.75, 3.05) is 13.1 Å². The van der Waals surface area contributed by atoms with Crippen LogP contribution < -0.4 is 0 Å². The van der Waals surface area contributed by atoms with E-state index >= 15 is 0 Å². The number of Topliss-reactive ketones (excluding diaryl/α,β-unsaturated/α-hetero) is 1. The monoisotopic (exact) mass is 223 g/mol. The minimum Gasteiger partial charge on any atom is -0.437 e. The Balaban J connectivity index is 2.06. The van der Waals surface area contributed by atoms with E-state index in [2.05, 4.69) is 0 Å². The fraction of sp³-hybridized carbons (Fsp3) is 0.818. The molecule has 5 heteroatoms. The first-order valence-electron chi connectivity index (χ1n) is 5.99. The second-order valence-corrected chi connectivity index (χ2v) is 5.11. The van der Waals surface area contributed by atoms with Gasteiger partial charge in [0.2, 0.25) is 0 Å². The molecule has 2 aliphatic rings. The number of aldehydes is 1. The molecule has 1 saturated carbocycles. The van der Waals surface area contributed by atoms with Gasteiger partial charge in [0.1, 0.15) is 12.1 Å². The van der Waals surface area contributed by atoms with Gasteiger partial charge in [0, 0.05) is 6.42 Å². The first-order chi connectivity index (χ1) is 7.59. The summed E-state index contributed by atoms with van der Waals surface area (Å²) >= 11 is 0. The number of ketones is 1. The van der Waals surface area contributed by atoms with E-state index in [9.17, 15) is 14.6 Å². The van der Waals surface area contributed by atoms with E-state index in [1.165, 1.54) is 0 Å². The lowest BCUT2D eigenvalue weighted by Gasteiger charge is -2.41. The Kier molecular flexibility index (Phi) is 3.17. The number of piperidine rings is 1. The molecule has 0 aromatic heterocycles. The topological polar surface area (TPSA) is 57.6 Å². The number of hydrogen-bond acceptors (Lipinski definition) is 4. The lowest BCUT2D eigenvalue weighted by atomic mass is 9.68. The first-order valence-corrected chi connectivity index (χ1v) is 5.99. The highest BCUT2D eigenvalue weighted by atomic mass is 16.2. The van der Waals surface area contributed by atoms with Crippen molar-refractivity contribution < 1.29 is 14.6 Å². The van der Waals surface area contributed by atoms with E-state index in [1.54, 1.807) is 6.82 Å². The van der Waals surface area contributed by atoms with Crippen LogP contribution in [-0.2, 0) is 9.59 Å². The Morgan fingerprint density at radius 1 is 1.44 bits per heavy atom. The summed E-state index contributed by atoms with van der Waals surface area (Å²) < 4.78 is 0. The molecule has 4 nitrogen and oxygen atoms in total. The van der Waals surface area contributed by atoms with Crippen molar-refractivity contribution >= 4 is 19.1 Å². The molecule has 0 radical (unpaired) electrons. The molecule has 1 saturated heterocycles. The van der Waals surface area contributed by atoms with Gasteiger partial charge in [-0.25, -0.2) is 0 Å². The second-order valence-electron chi connectivity index (χ2n) is 5.11. The van der Waals surface area contributed by atoms with Crippen molar-refractivity contribution in [3.63, 3.8) is 0 Å². The maximum absolute atomic E-state index is 11.6. The molecule has 0 aromatic rings. The highest BCUT2D eigenvalue weighted by molar-refractivity contribution is 6.45. The molecule has 1 aliphatic carbocycles. The first kappa shape index (κ1) is 11.8. The van der Waals surface area contributed by atoms with Gasteiger partial charge >= 0.3 is 7.05 Å². The molecule has 1 aliphatic heterocycles. The molecule has 0 bridgehead atoms. The molecule has 2 fully saturated rings. The maximum Gasteiger partial charge on any atom is 0.376 e. The summed E-state index contributed by atoms with van der Waals surface area (Å²) in [6, 6.07) is 0. The van der Waals surface area contributed by atoms with Crippen molar-refractivity contribution in [3.8, 4) is 0 Å². The lowest BCUT2D eigenvalue weighted by Crippen LogP contribution is -2.48. The third-order valence-electron chi connectivity index (χ3n) is 4.33. The van der Waals surface area contributed by atoms with E-state index in [0.717, 1.165) is 38.6 Å². The van der Waals surface area contributed by atoms with E-state index in [4.69, 9.17) is 0 Å². The summed E-state index contributed by atoms with van der Waals surface area (Å²) in [5.74, 6) is -0.274. The molecule has 0 aromatic carbocycles. The van der Waals surface area contributed by atoms with Gasteiger partial charge < -0.3 is 14.6 Å². The molecule has 1 heterocycles. The molecular weight excluding hydrogens is 205 g/mol. The van der Waals surface area contributed by atoms with Crippen molar-refractivity contribution in [3.05, 3.63) is 0 Å². The molecule has 16 heavy (non-hydrogen) atoms. The van der Waals surface area contributed by atoms with Crippen LogP contribution in [0.3, 0.4) is 0 Å². The summed E-state index contributed by atoms with van der Waals surface area (Å²) in [6.45, 7) is 3.33. The van der Waals surface area contributed by atoms with Crippen LogP contribution in [0, 0.1) is 11.3 Å². The number of carbonyl (C=O) groups excluding carboxylic acids is 2.